The standard InChI is InChI=1S/C7H11N3O2/c8-4-6(11)5-12-7-9-2-1-3-10-7/h1-3,6,11H,4-5,8H2. The monoisotopic (exact) mass is 169 g/mol. The molecule has 1 unspecified atom stereocenters. The fraction of sp³-hybridized carbons (Fsp3) is 0.429. The first kappa shape index (κ1) is 8.89. The average Bonchev–Trinajstić information content (AvgIpc) is 2.16. The highest BCUT2D eigenvalue weighted by Crippen LogP contribution is 1.97. The summed E-state index contributed by atoms with van der Waals surface area (Å²) in [6.45, 7) is 0.299. The zero-order valence-corrected chi connectivity index (χ0v) is 6.55. The molecule has 12 heavy (non-hydrogen) atoms. The van der Waals surface area contributed by atoms with Crippen LogP contribution in [0.25, 0.3) is 0 Å². The topological polar surface area (TPSA) is 81.3 Å². The Labute approximate surface area is 70.2 Å². The van der Waals surface area contributed by atoms with E-state index in [0.29, 0.717) is 0 Å². The molecule has 0 aliphatic carbocycles. The molecule has 1 aromatic rings. The van der Waals surface area contributed by atoms with Gasteiger partial charge in [0, 0.05) is 18.9 Å². The molecular formula is C7H11N3O2. The maximum Gasteiger partial charge on any atom is 0.316 e. The van der Waals surface area contributed by atoms with Crippen molar-refractivity contribution in [2.75, 3.05) is 13.2 Å². The summed E-state index contributed by atoms with van der Waals surface area (Å²) in [5.74, 6) is 0. The van der Waals surface area contributed by atoms with Crippen LogP contribution in [0.2, 0.25) is 0 Å². The van der Waals surface area contributed by atoms with Gasteiger partial charge in [-0.2, -0.15) is 0 Å². The first-order valence-corrected chi connectivity index (χ1v) is 3.61. The predicted octanol–water partition coefficient (Wildman–Crippen LogP) is -0.825. The van der Waals surface area contributed by atoms with Gasteiger partial charge >= 0.3 is 6.01 Å². The van der Waals surface area contributed by atoms with E-state index in [1.165, 1.54) is 0 Å². The molecule has 1 aromatic heterocycles. The Morgan fingerprint density at radius 3 is 2.75 bits per heavy atom. The van der Waals surface area contributed by atoms with Crippen LogP contribution in [0.5, 0.6) is 6.01 Å². The van der Waals surface area contributed by atoms with Crippen LogP contribution in [-0.2, 0) is 0 Å². The van der Waals surface area contributed by atoms with E-state index in [1.54, 1.807) is 18.5 Å². The van der Waals surface area contributed by atoms with Crippen molar-refractivity contribution in [2.45, 2.75) is 6.10 Å². The Morgan fingerprint density at radius 2 is 2.17 bits per heavy atom. The molecule has 3 N–H and O–H groups in total. The third kappa shape index (κ3) is 2.81. The van der Waals surface area contributed by atoms with E-state index >= 15 is 0 Å². The Kier molecular flexibility index (Phi) is 3.43. The zero-order valence-electron chi connectivity index (χ0n) is 6.55. The van der Waals surface area contributed by atoms with E-state index in [9.17, 15) is 0 Å². The summed E-state index contributed by atoms with van der Waals surface area (Å²) in [5, 5.41) is 9.01. The third-order valence-electron chi connectivity index (χ3n) is 1.22. The van der Waals surface area contributed by atoms with Gasteiger partial charge in [0.1, 0.15) is 12.7 Å². The fourth-order valence-electron chi connectivity index (χ4n) is 0.599. The van der Waals surface area contributed by atoms with Gasteiger partial charge in [0.2, 0.25) is 0 Å². The molecule has 0 amide bonds. The number of nitrogens with zero attached hydrogens (tertiary/aromatic N) is 2. The van der Waals surface area contributed by atoms with Crippen LogP contribution in [0.4, 0.5) is 0 Å². The second-order valence-electron chi connectivity index (χ2n) is 2.23. The van der Waals surface area contributed by atoms with Crippen molar-refractivity contribution < 1.29 is 9.84 Å². The highest BCUT2D eigenvalue weighted by atomic mass is 16.5. The molecule has 5 nitrogen and oxygen atoms in total. The maximum absolute atomic E-state index is 9.01. The molecule has 5 heteroatoms. The SMILES string of the molecule is NCC(O)COc1ncccn1. The van der Waals surface area contributed by atoms with Crippen molar-refractivity contribution in [2.24, 2.45) is 5.73 Å². The minimum Gasteiger partial charge on any atom is -0.461 e. The quantitative estimate of drug-likeness (QED) is 0.615. The van der Waals surface area contributed by atoms with Crippen LogP contribution in [0.3, 0.4) is 0 Å². The van der Waals surface area contributed by atoms with E-state index in [0.717, 1.165) is 0 Å². The highest BCUT2D eigenvalue weighted by molar-refractivity contribution is 4.93. The summed E-state index contributed by atoms with van der Waals surface area (Å²) < 4.78 is 5.01. The van der Waals surface area contributed by atoms with E-state index in [2.05, 4.69) is 9.97 Å². The number of hydrogen-bond donors (Lipinski definition) is 2. The number of aromatic nitrogens is 2. The van der Waals surface area contributed by atoms with E-state index in [4.69, 9.17) is 15.6 Å². The molecule has 1 atom stereocenters. The van der Waals surface area contributed by atoms with Gasteiger partial charge < -0.3 is 15.6 Å². The molecule has 0 bridgehead atoms. The smallest absolute Gasteiger partial charge is 0.316 e. The van der Waals surface area contributed by atoms with Crippen LogP contribution < -0.4 is 10.5 Å². The van der Waals surface area contributed by atoms with Crippen molar-refractivity contribution in [3.8, 4) is 6.01 Å². The summed E-state index contributed by atoms with van der Waals surface area (Å²) in [7, 11) is 0. The van der Waals surface area contributed by atoms with Gasteiger partial charge in [0.05, 0.1) is 0 Å². The zero-order chi connectivity index (χ0) is 8.81. The molecule has 0 saturated heterocycles. The number of hydrogen-bond acceptors (Lipinski definition) is 5. The van der Waals surface area contributed by atoms with Gasteiger partial charge in [-0.25, -0.2) is 9.97 Å². The number of nitrogens with two attached hydrogens (primary N) is 1. The van der Waals surface area contributed by atoms with Gasteiger partial charge in [0.15, 0.2) is 0 Å². The van der Waals surface area contributed by atoms with Gasteiger partial charge in [-0.3, -0.25) is 0 Å². The molecule has 0 radical (unpaired) electrons. The lowest BCUT2D eigenvalue weighted by Gasteiger charge is -2.07. The number of ether oxygens (including phenoxy) is 1. The van der Waals surface area contributed by atoms with Gasteiger partial charge in [0.25, 0.3) is 0 Å². The van der Waals surface area contributed by atoms with Crippen LogP contribution in [0.1, 0.15) is 0 Å². The number of rotatable bonds is 4. The Bertz CT molecular complexity index is 217. The van der Waals surface area contributed by atoms with Crippen molar-refractivity contribution in [3.63, 3.8) is 0 Å². The summed E-state index contributed by atoms with van der Waals surface area (Å²) in [5.41, 5.74) is 5.17. The summed E-state index contributed by atoms with van der Waals surface area (Å²) in [4.78, 5) is 7.60. The van der Waals surface area contributed by atoms with Crippen molar-refractivity contribution in [1.82, 2.24) is 9.97 Å². The van der Waals surface area contributed by atoms with E-state index in [1.807, 2.05) is 0 Å². The number of aliphatic hydroxyl groups is 1. The molecule has 0 spiro atoms. The molecule has 0 fully saturated rings. The lowest BCUT2D eigenvalue weighted by Crippen LogP contribution is -2.26. The largest absolute Gasteiger partial charge is 0.461 e. The minimum atomic E-state index is -0.659. The van der Waals surface area contributed by atoms with Gasteiger partial charge in [-0.15, -0.1) is 0 Å². The molecule has 66 valence electrons. The Morgan fingerprint density at radius 1 is 1.50 bits per heavy atom. The highest BCUT2D eigenvalue weighted by Gasteiger charge is 2.02. The predicted molar refractivity (Wildman–Crippen MR) is 42.6 cm³/mol. The first-order valence-electron chi connectivity index (χ1n) is 3.61. The minimum absolute atomic E-state index is 0.126. The van der Waals surface area contributed by atoms with Crippen molar-refractivity contribution in [1.29, 1.82) is 0 Å². The molecule has 0 saturated carbocycles. The summed E-state index contributed by atoms with van der Waals surface area (Å²) in [6, 6.07) is 1.94. The molecular weight excluding hydrogens is 158 g/mol. The van der Waals surface area contributed by atoms with E-state index < -0.39 is 6.10 Å². The van der Waals surface area contributed by atoms with Crippen LogP contribution >= 0.6 is 0 Å². The third-order valence-corrected chi connectivity index (χ3v) is 1.22. The average molecular weight is 169 g/mol. The maximum atomic E-state index is 9.01. The molecule has 0 aliphatic heterocycles. The Balaban J connectivity index is 2.33. The fourth-order valence-corrected chi connectivity index (χ4v) is 0.599. The molecule has 0 aromatic carbocycles. The van der Waals surface area contributed by atoms with Crippen LogP contribution in [0.15, 0.2) is 18.5 Å². The second-order valence-corrected chi connectivity index (χ2v) is 2.23. The summed E-state index contributed by atoms with van der Waals surface area (Å²) >= 11 is 0. The van der Waals surface area contributed by atoms with Gasteiger partial charge in [-0.05, 0) is 6.07 Å². The van der Waals surface area contributed by atoms with Gasteiger partial charge in [-0.1, -0.05) is 0 Å². The van der Waals surface area contributed by atoms with Crippen LogP contribution in [-0.4, -0.2) is 34.3 Å². The first-order chi connectivity index (χ1) is 5.83. The van der Waals surface area contributed by atoms with Crippen molar-refractivity contribution >= 4 is 0 Å². The molecule has 1 rings (SSSR count). The van der Waals surface area contributed by atoms with Crippen LogP contribution in [0, 0.1) is 0 Å². The second kappa shape index (κ2) is 4.63. The molecule has 0 aliphatic rings. The van der Waals surface area contributed by atoms with Crippen molar-refractivity contribution in [3.05, 3.63) is 18.5 Å². The normalized spacial score (nSPS) is 12.5. The Hall–Kier alpha value is -1.20. The molecule has 1 heterocycles. The lowest BCUT2D eigenvalue weighted by atomic mass is 10.4. The summed E-state index contributed by atoms with van der Waals surface area (Å²) in [6.07, 6.45) is 2.47. The number of aliphatic hydroxyl groups excluding tert-OH is 1. The van der Waals surface area contributed by atoms with E-state index in [-0.39, 0.29) is 19.2 Å². The lowest BCUT2D eigenvalue weighted by molar-refractivity contribution is 0.108.